The monoisotopic (exact) mass is 251 g/mol. The van der Waals surface area contributed by atoms with Crippen LogP contribution in [0.3, 0.4) is 0 Å². The molecule has 1 atom stereocenters. The van der Waals surface area contributed by atoms with Crippen molar-refractivity contribution in [2.24, 2.45) is 0 Å². The Hall–Kier alpha value is 0.0649. The molecule has 3 heteroatoms. The maximum absolute atomic E-state index is 6.46. The summed E-state index contributed by atoms with van der Waals surface area (Å²) in [5.74, 6) is 0. The Bertz CT molecular complexity index is 338. The summed E-state index contributed by atoms with van der Waals surface area (Å²) in [6, 6.07) is 8.68. The summed E-state index contributed by atoms with van der Waals surface area (Å²) in [5, 5.41) is 0.241. The maximum atomic E-state index is 6.46. The Balaban J connectivity index is 2.61. The van der Waals surface area contributed by atoms with Gasteiger partial charge < -0.3 is 7.57 Å². The van der Waals surface area contributed by atoms with E-state index < -0.39 is 7.14 Å². The summed E-state index contributed by atoms with van der Waals surface area (Å²) in [6.45, 7) is 11.1. The van der Waals surface area contributed by atoms with E-state index in [0.717, 1.165) is 5.49 Å². The average molecular weight is 251 g/mol. The molecule has 1 aromatic carbocycles. The van der Waals surface area contributed by atoms with Gasteiger partial charge >= 0.3 is 0 Å². The van der Waals surface area contributed by atoms with Crippen LogP contribution in [0.1, 0.15) is 26.3 Å². The first-order chi connectivity index (χ1) is 7.22. The smallest absolute Gasteiger partial charge is 0.0614 e. The van der Waals surface area contributed by atoms with Gasteiger partial charge in [0.2, 0.25) is 0 Å². The lowest BCUT2D eigenvalue weighted by Crippen LogP contribution is -2.20. The molecule has 0 nitrogen and oxygen atoms in total. The van der Waals surface area contributed by atoms with Crippen LogP contribution in [-0.2, 0) is 0 Å². The lowest BCUT2D eigenvalue weighted by atomic mass is 10.2. The average Bonchev–Trinajstić information content (AvgIpc) is 2.15. The second-order valence-electron chi connectivity index (χ2n) is 5.53. The van der Waals surface area contributed by atoms with Gasteiger partial charge in [-0.25, -0.2) is 7.14 Å². The Morgan fingerprint density at radius 2 is 1.69 bits per heavy atom. The Morgan fingerprint density at radius 1 is 1.19 bits per heavy atom. The molecule has 1 aromatic rings. The van der Waals surface area contributed by atoms with Gasteiger partial charge in [-0.3, -0.25) is 0 Å². The molecule has 0 heterocycles. The highest BCUT2D eigenvalue weighted by Crippen LogP contribution is 2.63. The zero-order valence-corrected chi connectivity index (χ0v) is 12.7. The molecule has 16 heavy (non-hydrogen) atoms. The number of hydrogen-bond donors (Lipinski definition) is 0. The van der Waals surface area contributed by atoms with Crippen LogP contribution in [0.25, 0.3) is 0 Å². The van der Waals surface area contributed by atoms with E-state index in [-0.39, 0.29) is 5.16 Å². The zero-order valence-electron chi connectivity index (χ0n) is 10.9. The van der Waals surface area contributed by atoms with E-state index in [1.807, 2.05) is 11.8 Å². The van der Waals surface area contributed by atoms with Crippen LogP contribution in [0.15, 0.2) is 29.2 Å². The zero-order chi connectivity index (χ0) is 12.4. The van der Waals surface area contributed by atoms with E-state index in [1.54, 1.807) is 0 Å². The predicted molar refractivity (Wildman–Crippen MR) is 80.3 cm³/mol. The molecular weight excluding hydrogens is 230 g/mol. The fourth-order valence-electron chi connectivity index (χ4n) is 1.04. The van der Waals surface area contributed by atoms with Crippen LogP contribution in [0.4, 0.5) is 0 Å². The summed E-state index contributed by atoms with van der Waals surface area (Å²) in [6.07, 6.45) is 0. The molecular formula is C13H21BPS. The quantitative estimate of drug-likeness (QED) is 0.430. The van der Waals surface area contributed by atoms with E-state index in [9.17, 15) is 0 Å². The van der Waals surface area contributed by atoms with Crippen molar-refractivity contribution in [3.05, 3.63) is 29.8 Å². The Kier molecular flexibility index (Phi) is 4.54. The van der Waals surface area contributed by atoms with Gasteiger partial charge in [-0.1, -0.05) is 29.5 Å². The van der Waals surface area contributed by atoms with E-state index >= 15 is 0 Å². The van der Waals surface area contributed by atoms with Crippen LogP contribution in [0, 0.1) is 6.92 Å². The van der Waals surface area contributed by atoms with Gasteiger partial charge in [0.05, 0.1) is 5.49 Å². The number of thioether (sulfide) groups is 1. The fourth-order valence-corrected chi connectivity index (χ4v) is 4.58. The van der Waals surface area contributed by atoms with Crippen LogP contribution in [0.5, 0.6) is 0 Å². The molecule has 0 aliphatic heterocycles. The summed E-state index contributed by atoms with van der Waals surface area (Å²) < 4.78 is 0. The van der Waals surface area contributed by atoms with Crippen molar-refractivity contribution in [2.45, 2.75) is 37.7 Å². The van der Waals surface area contributed by atoms with E-state index in [0.29, 0.717) is 0 Å². The predicted octanol–water partition coefficient (Wildman–Crippen LogP) is 4.57. The van der Waals surface area contributed by atoms with Crippen molar-refractivity contribution in [1.82, 2.24) is 0 Å². The first-order valence-electron chi connectivity index (χ1n) is 5.56. The normalized spacial score (nSPS) is 15.9. The fraction of sp³-hybridized carbons (Fsp3) is 0.538. The van der Waals surface area contributed by atoms with Gasteiger partial charge in [0.1, 0.15) is 0 Å². The van der Waals surface area contributed by atoms with Crippen molar-refractivity contribution < 1.29 is 0 Å². The van der Waals surface area contributed by atoms with Crippen LogP contribution in [-0.4, -0.2) is 24.9 Å². The molecule has 87 valence electrons. The van der Waals surface area contributed by atoms with Gasteiger partial charge in [-0.2, -0.15) is 0 Å². The molecule has 0 aromatic heterocycles. The molecule has 0 N–H and O–H groups in total. The van der Waals surface area contributed by atoms with Gasteiger partial charge in [0.25, 0.3) is 0 Å². The van der Waals surface area contributed by atoms with Gasteiger partial charge in [0, 0.05) is 16.7 Å². The minimum atomic E-state index is -1.34. The van der Waals surface area contributed by atoms with Crippen LogP contribution >= 0.6 is 18.9 Å². The molecule has 1 rings (SSSR count). The summed E-state index contributed by atoms with van der Waals surface area (Å²) in [5.41, 5.74) is 2.37. The third kappa shape index (κ3) is 3.82. The molecule has 0 saturated heterocycles. The highest BCUT2D eigenvalue weighted by Gasteiger charge is 2.28. The number of benzene rings is 1. The SMILES string of the molecule is [B-][P+](C)(CSc1ccc(C)cc1)C(C)(C)C. The highest BCUT2D eigenvalue weighted by molar-refractivity contribution is 8.13. The van der Waals surface area contributed by atoms with Gasteiger partial charge in [0.15, 0.2) is 0 Å². The minimum absolute atomic E-state index is 0.241. The second-order valence-corrected chi connectivity index (χ2v) is 11.2. The number of rotatable bonds is 3. The van der Waals surface area contributed by atoms with Crippen molar-refractivity contribution in [2.75, 3.05) is 12.2 Å². The molecule has 0 aliphatic rings. The molecule has 0 fully saturated rings. The lowest BCUT2D eigenvalue weighted by molar-refractivity contribution is 0.784. The molecule has 0 saturated carbocycles. The van der Waals surface area contributed by atoms with Crippen LogP contribution in [0.2, 0.25) is 0 Å². The standard InChI is InChI=1S/C13H21BPS/c1-11-6-8-12(9-7-11)16-10-15(5,14)13(2,3)4/h6-9H,10H2,1-5H3. The molecule has 1 unspecified atom stereocenters. The summed E-state index contributed by atoms with van der Waals surface area (Å²) in [4.78, 5) is 1.33. The molecule has 0 bridgehead atoms. The van der Waals surface area contributed by atoms with Gasteiger partial charge in [-0.05, 0) is 39.8 Å². The summed E-state index contributed by atoms with van der Waals surface area (Å²) in [7, 11) is 5.12. The first kappa shape index (κ1) is 14.1. The summed E-state index contributed by atoms with van der Waals surface area (Å²) >= 11 is 1.89. The van der Waals surface area contributed by atoms with Crippen molar-refractivity contribution >= 4 is 26.5 Å². The molecule has 0 amide bonds. The number of hydrogen-bond acceptors (Lipinski definition) is 1. The first-order valence-corrected chi connectivity index (χ1v) is 9.04. The topological polar surface area (TPSA) is 0 Å². The lowest BCUT2D eigenvalue weighted by Gasteiger charge is -2.44. The van der Waals surface area contributed by atoms with Crippen molar-refractivity contribution in [1.29, 1.82) is 0 Å². The van der Waals surface area contributed by atoms with Crippen LogP contribution < -0.4 is 0 Å². The largest absolute Gasteiger partial charge is 0.305 e. The number of aryl methyl sites for hydroxylation is 1. The molecule has 0 aliphatic carbocycles. The van der Waals surface area contributed by atoms with Crippen molar-refractivity contribution in [3.63, 3.8) is 0 Å². The van der Waals surface area contributed by atoms with Gasteiger partial charge in [-0.15, -0.1) is 0 Å². The highest BCUT2D eigenvalue weighted by atomic mass is 32.2. The van der Waals surface area contributed by atoms with Crippen molar-refractivity contribution in [3.8, 4) is 0 Å². The second kappa shape index (κ2) is 5.15. The van der Waals surface area contributed by atoms with E-state index in [4.69, 9.17) is 7.57 Å². The Morgan fingerprint density at radius 3 is 2.12 bits per heavy atom. The van der Waals surface area contributed by atoms with E-state index in [1.165, 1.54) is 10.5 Å². The third-order valence-electron chi connectivity index (χ3n) is 3.05. The minimum Gasteiger partial charge on any atom is -0.305 e. The third-order valence-corrected chi connectivity index (χ3v) is 9.39. The Labute approximate surface area is 106 Å². The molecule has 3 radical (unpaired) electrons. The molecule has 0 spiro atoms. The maximum Gasteiger partial charge on any atom is 0.0614 e. The van der Waals surface area contributed by atoms with E-state index in [2.05, 4.69) is 58.6 Å².